The molecule has 0 saturated heterocycles. The van der Waals surface area contributed by atoms with Gasteiger partial charge in [0.05, 0.1) is 12.6 Å². The van der Waals surface area contributed by atoms with Crippen LogP contribution in [-0.2, 0) is 4.74 Å². The van der Waals surface area contributed by atoms with E-state index in [-0.39, 0.29) is 6.04 Å². The highest BCUT2D eigenvalue weighted by Gasteiger charge is 2.18. The van der Waals surface area contributed by atoms with Crippen LogP contribution in [-0.4, -0.2) is 37.7 Å². The molecule has 1 atom stereocenters. The molecule has 0 aromatic carbocycles. The van der Waals surface area contributed by atoms with E-state index in [0.717, 1.165) is 32.5 Å². The zero-order valence-electron chi connectivity index (χ0n) is 11.8. The van der Waals surface area contributed by atoms with Crippen LogP contribution in [0.4, 0.5) is 0 Å². The molecule has 3 nitrogen and oxygen atoms in total. The average Bonchev–Trinajstić information content (AvgIpc) is 2.90. The third-order valence-corrected chi connectivity index (χ3v) is 4.39. The number of nitrogens with two attached hydrogens (primary N) is 1. The molecule has 0 aliphatic heterocycles. The lowest BCUT2D eigenvalue weighted by Crippen LogP contribution is -2.41. The summed E-state index contributed by atoms with van der Waals surface area (Å²) < 4.78 is 5.20. The van der Waals surface area contributed by atoms with Crippen molar-refractivity contribution in [1.82, 2.24) is 4.90 Å². The molecule has 1 rings (SSSR count). The monoisotopic (exact) mass is 270 g/mol. The third kappa shape index (κ3) is 4.69. The molecule has 18 heavy (non-hydrogen) atoms. The molecule has 0 aliphatic carbocycles. The van der Waals surface area contributed by atoms with E-state index in [2.05, 4.69) is 36.3 Å². The van der Waals surface area contributed by atoms with Crippen LogP contribution < -0.4 is 5.73 Å². The van der Waals surface area contributed by atoms with Gasteiger partial charge in [-0.05, 0) is 24.3 Å². The van der Waals surface area contributed by atoms with Gasteiger partial charge in [-0.2, -0.15) is 0 Å². The van der Waals surface area contributed by atoms with Crippen LogP contribution in [0.25, 0.3) is 0 Å². The number of ether oxygens (including phenoxy) is 1. The second-order valence-electron chi connectivity index (χ2n) is 4.58. The van der Waals surface area contributed by atoms with Crippen LogP contribution in [0.15, 0.2) is 17.5 Å². The van der Waals surface area contributed by atoms with Gasteiger partial charge in [-0.25, -0.2) is 0 Å². The normalized spacial score (nSPS) is 13.4. The molecule has 0 aliphatic rings. The number of nitrogens with zero attached hydrogens (tertiary/aromatic N) is 1. The molecule has 1 unspecified atom stereocenters. The van der Waals surface area contributed by atoms with E-state index in [9.17, 15) is 0 Å². The van der Waals surface area contributed by atoms with E-state index < -0.39 is 0 Å². The molecule has 1 aromatic heterocycles. The van der Waals surface area contributed by atoms with Crippen LogP contribution in [0, 0.1) is 0 Å². The van der Waals surface area contributed by atoms with Crippen molar-refractivity contribution >= 4 is 11.3 Å². The van der Waals surface area contributed by atoms with Crippen molar-refractivity contribution in [2.75, 3.05) is 26.8 Å². The summed E-state index contributed by atoms with van der Waals surface area (Å²) in [6, 6.07) is 4.90. The molecule has 4 heteroatoms. The fourth-order valence-electron chi connectivity index (χ4n) is 2.28. The van der Waals surface area contributed by atoms with Crippen LogP contribution in [0.2, 0.25) is 0 Å². The molecule has 104 valence electrons. The van der Waals surface area contributed by atoms with E-state index >= 15 is 0 Å². The summed E-state index contributed by atoms with van der Waals surface area (Å²) in [7, 11) is 1.75. The van der Waals surface area contributed by atoms with E-state index in [0.29, 0.717) is 6.04 Å². The smallest absolute Gasteiger partial charge is 0.0589 e. The van der Waals surface area contributed by atoms with Gasteiger partial charge < -0.3 is 10.5 Å². The molecule has 0 bridgehead atoms. The van der Waals surface area contributed by atoms with Gasteiger partial charge in [0.2, 0.25) is 0 Å². The Morgan fingerprint density at radius 3 is 2.61 bits per heavy atom. The van der Waals surface area contributed by atoms with E-state index in [1.807, 2.05) is 0 Å². The fourth-order valence-corrected chi connectivity index (χ4v) is 3.00. The highest BCUT2D eigenvalue weighted by Crippen LogP contribution is 2.19. The van der Waals surface area contributed by atoms with Crippen molar-refractivity contribution in [1.29, 1.82) is 0 Å². The summed E-state index contributed by atoms with van der Waals surface area (Å²) in [5.74, 6) is 0. The first kappa shape index (κ1) is 15.6. The van der Waals surface area contributed by atoms with E-state index in [1.54, 1.807) is 18.4 Å². The van der Waals surface area contributed by atoms with Crippen molar-refractivity contribution in [2.24, 2.45) is 5.73 Å². The summed E-state index contributed by atoms with van der Waals surface area (Å²) in [5.41, 5.74) is 6.29. The predicted molar refractivity (Wildman–Crippen MR) is 79.1 cm³/mol. The standard InChI is InChI=1S/C14H26N2OS/c1-4-12(5-2)16(8-9-17-3)11-13(15)14-7-6-10-18-14/h6-7,10,12-13H,4-5,8-9,11,15H2,1-3H3. The highest BCUT2D eigenvalue weighted by atomic mass is 32.1. The minimum absolute atomic E-state index is 0.113. The molecule has 2 N–H and O–H groups in total. The molecule has 0 saturated carbocycles. The minimum Gasteiger partial charge on any atom is -0.383 e. The lowest BCUT2D eigenvalue weighted by Gasteiger charge is -2.32. The summed E-state index contributed by atoms with van der Waals surface area (Å²) in [6.45, 7) is 7.13. The zero-order chi connectivity index (χ0) is 13.4. The Hall–Kier alpha value is -0.420. The fraction of sp³-hybridized carbons (Fsp3) is 0.714. The van der Waals surface area contributed by atoms with Crippen LogP contribution >= 0.6 is 11.3 Å². The Morgan fingerprint density at radius 2 is 2.11 bits per heavy atom. The van der Waals surface area contributed by atoms with Crippen molar-refractivity contribution < 1.29 is 4.74 Å². The van der Waals surface area contributed by atoms with Gasteiger partial charge in [-0.3, -0.25) is 4.90 Å². The zero-order valence-corrected chi connectivity index (χ0v) is 12.6. The second kappa shape index (κ2) is 8.64. The number of hydrogen-bond donors (Lipinski definition) is 1. The molecule has 0 spiro atoms. The maximum absolute atomic E-state index is 6.29. The van der Waals surface area contributed by atoms with Crippen LogP contribution in [0.1, 0.15) is 37.6 Å². The Morgan fingerprint density at radius 1 is 1.39 bits per heavy atom. The number of hydrogen-bond acceptors (Lipinski definition) is 4. The first-order chi connectivity index (χ1) is 8.72. The van der Waals surface area contributed by atoms with Gasteiger partial charge in [0, 0.05) is 31.1 Å². The third-order valence-electron chi connectivity index (χ3n) is 3.38. The summed E-state index contributed by atoms with van der Waals surface area (Å²) in [4.78, 5) is 3.73. The number of thiophene rings is 1. The van der Waals surface area contributed by atoms with Gasteiger partial charge in [-0.15, -0.1) is 11.3 Å². The SMILES string of the molecule is CCC(CC)N(CCOC)CC(N)c1cccs1. The Labute approximate surface area is 115 Å². The summed E-state index contributed by atoms with van der Waals surface area (Å²) >= 11 is 1.74. The molecule has 0 amide bonds. The van der Waals surface area contributed by atoms with E-state index in [4.69, 9.17) is 10.5 Å². The number of methoxy groups -OCH3 is 1. The Balaban J connectivity index is 2.59. The van der Waals surface area contributed by atoms with Gasteiger partial charge in [0.15, 0.2) is 0 Å². The summed E-state index contributed by atoms with van der Waals surface area (Å²) in [5, 5.41) is 2.09. The highest BCUT2D eigenvalue weighted by molar-refractivity contribution is 7.10. The van der Waals surface area contributed by atoms with Crippen LogP contribution in [0.3, 0.4) is 0 Å². The van der Waals surface area contributed by atoms with Gasteiger partial charge in [-0.1, -0.05) is 19.9 Å². The minimum atomic E-state index is 0.113. The lowest BCUT2D eigenvalue weighted by molar-refractivity contribution is 0.110. The van der Waals surface area contributed by atoms with Crippen molar-refractivity contribution in [2.45, 2.75) is 38.8 Å². The molecular weight excluding hydrogens is 244 g/mol. The quantitative estimate of drug-likeness (QED) is 0.750. The van der Waals surface area contributed by atoms with Gasteiger partial charge in [0.25, 0.3) is 0 Å². The number of rotatable bonds is 9. The predicted octanol–water partition coefficient (Wildman–Crippen LogP) is 2.88. The molecule has 1 heterocycles. The first-order valence-electron chi connectivity index (χ1n) is 6.74. The summed E-state index contributed by atoms with van der Waals surface area (Å²) in [6.07, 6.45) is 2.33. The van der Waals surface area contributed by atoms with Crippen LogP contribution in [0.5, 0.6) is 0 Å². The van der Waals surface area contributed by atoms with E-state index in [1.165, 1.54) is 4.88 Å². The first-order valence-corrected chi connectivity index (χ1v) is 7.62. The maximum atomic E-state index is 6.29. The molecular formula is C14H26N2OS. The lowest BCUT2D eigenvalue weighted by atomic mass is 10.1. The second-order valence-corrected chi connectivity index (χ2v) is 5.56. The van der Waals surface area contributed by atoms with Gasteiger partial charge in [0.1, 0.15) is 0 Å². The Bertz CT molecular complexity index is 299. The largest absolute Gasteiger partial charge is 0.383 e. The molecule has 1 aromatic rings. The maximum Gasteiger partial charge on any atom is 0.0589 e. The van der Waals surface area contributed by atoms with Crippen molar-refractivity contribution in [3.63, 3.8) is 0 Å². The Kier molecular flexibility index (Phi) is 7.51. The topological polar surface area (TPSA) is 38.5 Å². The van der Waals surface area contributed by atoms with Crippen molar-refractivity contribution in [3.05, 3.63) is 22.4 Å². The van der Waals surface area contributed by atoms with Crippen molar-refractivity contribution in [3.8, 4) is 0 Å². The molecule has 0 radical (unpaired) electrons. The average molecular weight is 270 g/mol. The van der Waals surface area contributed by atoms with Gasteiger partial charge >= 0.3 is 0 Å². The molecule has 0 fully saturated rings.